The lowest BCUT2D eigenvalue weighted by Gasteiger charge is -2.10. The van der Waals surface area contributed by atoms with E-state index < -0.39 is 6.10 Å². The van der Waals surface area contributed by atoms with Crippen molar-refractivity contribution >= 4 is 5.91 Å². The van der Waals surface area contributed by atoms with Crippen LogP contribution >= 0.6 is 0 Å². The van der Waals surface area contributed by atoms with Gasteiger partial charge in [-0.3, -0.25) is 4.79 Å². The molecule has 18 heavy (non-hydrogen) atoms. The average Bonchev–Trinajstić information content (AvgIpc) is 2.42. The van der Waals surface area contributed by atoms with E-state index in [0.717, 1.165) is 12.0 Å². The molecular formula is C13H19NO4. The molecule has 0 aromatic heterocycles. The smallest absolute Gasteiger partial charge is 0.258 e. The van der Waals surface area contributed by atoms with Crippen LogP contribution in [0.25, 0.3) is 0 Å². The van der Waals surface area contributed by atoms with E-state index >= 15 is 0 Å². The molecule has 0 fully saturated rings. The van der Waals surface area contributed by atoms with Crippen molar-refractivity contribution in [3.63, 3.8) is 0 Å². The van der Waals surface area contributed by atoms with Gasteiger partial charge in [0.2, 0.25) is 0 Å². The zero-order valence-electron chi connectivity index (χ0n) is 10.4. The van der Waals surface area contributed by atoms with Crippen LogP contribution in [0.3, 0.4) is 0 Å². The third-order valence-electron chi connectivity index (χ3n) is 2.42. The number of benzene rings is 1. The normalized spacial score (nSPS) is 11.9. The largest absolute Gasteiger partial charge is 0.484 e. The van der Waals surface area contributed by atoms with Crippen molar-refractivity contribution in [1.82, 2.24) is 5.32 Å². The second-order valence-electron chi connectivity index (χ2n) is 3.93. The summed E-state index contributed by atoms with van der Waals surface area (Å²) in [7, 11) is 0. The van der Waals surface area contributed by atoms with Crippen LogP contribution in [0.15, 0.2) is 24.3 Å². The number of aryl methyl sites for hydroxylation is 1. The van der Waals surface area contributed by atoms with Gasteiger partial charge in [-0.25, -0.2) is 0 Å². The number of rotatable bonds is 7. The van der Waals surface area contributed by atoms with Crippen molar-refractivity contribution < 1.29 is 19.7 Å². The lowest BCUT2D eigenvalue weighted by atomic mass is 10.2. The SMILES string of the molecule is CCc1cccc(OCC(=O)NCC(O)CO)c1. The van der Waals surface area contributed by atoms with Crippen molar-refractivity contribution in [1.29, 1.82) is 0 Å². The summed E-state index contributed by atoms with van der Waals surface area (Å²) in [5.74, 6) is 0.316. The predicted octanol–water partition coefficient (Wildman–Crippen LogP) is 0.0972. The van der Waals surface area contributed by atoms with Crippen LogP contribution < -0.4 is 10.1 Å². The Hall–Kier alpha value is -1.59. The molecule has 1 rings (SSSR count). The summed E-state index contributed by atoms with van der Waals surface area (Å²) in [5, 5.41) is 20.1. The van der Waals surface area contributed by atoms with Gasteiger partial charge in [-0.2, -0.15) is 0 Å². The van der Waals surface area contributed by atoms with Crippen LogP contribution in [-0.4, -0.2) is 42.0 Å². The Balaban J connectivity index is 2.33. The van der Waals surface area contributed by atoms with Gasteiger partial charge in [0.05, 0.1) is 12.7 Å². The van der Waals surface area contributed by atoms with E-state index in [4.69, 9.17) is 14.9 Å². The summed E-state index contributed by atoms with van der Waals surface area (Å²) in [4.78, 5) is 11.4. The fourth-order valence-electron chi connectivity index (χ4n) is 1.35. The quantitative estimate of drug-likeness (QED) is 0.644. The highest BCUT2D eigenvalue weighted by Gasteiger charge is 2.06. The molecule has 0 saturated carbocycles. The van der Waals surface area contributed by atoms with Crippen molar-refractivity contribution in [3.05, 3.63) is 29.8 Å². The van der Waals surface area contributed by atoms with Crippen LogP contribution in [-0.2, 0) is 11.2 Å². The molecular weight excluding hydrogens is 234 g/mol. The molecule has 0 aliphatic carbocycles. The molecule has 5 heteroatoms. The Morgan fingerprint density at radius 3 is 2.94 bits per heavy atom. The molecule has 100 valence electrons. The Morgan fingerprint density at radius 1 is 1.50 bits per heavy atom. The number of aliphatic hydroxyl groups is 2. The second kappa shape index (κ2) is 7.68. The van der Waals surface area contributed by atoms with E-state index in [1.165, 1.54) is 0 Å². The lowest BCUT2D eigenvalue weighted by Crippen LogP contribution is -2.36. The monoisotopic (exact) mass is 253 g/mol. The zero-order chi connectivity index (χ0) is 13.4. The number of nitrogens with one attached hydrogen (secondary N) is 1. The molecule has 0 heterocycles. The molecule has 0 bridgehead atoms. The minimum Gasteiger partial charge on any atom is -0.484 e. The molecule has 0 saturated heterocycles. The summed E-state index contributed by atoms with van der Waals surface area (Å²) < 4.78 is 5.32. The summed E-state index contributed by atoms with van der Waals surface area (Å²) >= 11 is 0. The van der Waals surface area contributed by atoms with Crippen LogP contribution in [0.1, 0.15) is 12.5 Å². The van der Waals surface area contributed by atoms with Crippen LogP contribution in [0.5, 0.6) is 5.75 Å². The number of hydrogen-bond donors (Lipinski definition) is 3. The maximum Gasteiger partial charge on any atom is 0.258 e. The van der Waals surface area contributed by atoms with E-state index in [9.17, 15) is 4.79 Å². The Labute approximate surface area is 106 Å². The van der Waals surface area contributed by atoms with Crippen molar-refractivity contribution in [2.45, 2.75) is 19.4 Å². The van der Waals surface area contributed by atoms with Gasteiger partial charge in [0.25, 0.3) is 5.91 Å². The van der Waals surface area contributed by atoms with E-state index in [0.29, 0.717) is 5.75 Å². The fraction of sp³-hybridized carbons (Fsp3) is 0.462. The van der Waals surface area contributed by atoms with Gasteiger partial charge in [-0.1, -0.05) is 19.1 Å². The first-order valence-electron chi connectivity index (χ1n) is 5.93. The highest BCUT2D eigenvalue weighted by Crippen LogP contribution is 2.13. The third-order valence-corrected chi connectivity index (χ3v) is 2.42. The number of aliphatic hydroxyl groups excluding tert-OH is 2. The van der Waals surface area contributed by atoms with Crippen LogP contribution in [0.4, 0.5) is 0 Å². The summed E-state index contributed by atoms with van der Waals surface area (Å²) in [5.41, 5.74) is 1.14. The molecule has 1 atom stereocenters. The molecule has 1 aromatic carbocycles. The van der Waals surface area contributed by atoms with Gasteiger partial charge in [0, 0.05) is 6.54 Å². The molecule has 0 radical (unpaired) electrons. The Kier molecular flexibility index (Phi) is 6.18. The molecule has 1 unspecified atom stereocenters. The maximum absolute atomic E-state index is 11.4. The molecule has 3 N–H and O–H groups in total. The molecule has 5 nitrogen and oxygen atoms in total. The number of carbonyl (C=O) groups excluding carboxylic acids is 1. The fourth-order valence-corrected chi connectivity index (χ4v) is 1.35. The second-order valence-corrected chi connectivity index (χ2v) is 3.93. The minimum atomic E-state index is -0.933. The minimum absolute atomic E-state index is 0.0215. The number of ether oxygens (including phenoxy) is 1. The molecule has 0 aliphatic rings. The first-order valence-corrected chi connectivity index (χ1v) is 5.93. The third kappa shape index (κ3) is 5.16. The van der Waals surface area contributed by atoms with E-state index in [1.54, 1.807) is 6.07 Å². The first kappa shape index (κ1) is 14.5. The maximum atomic E-state index is 11.4. The molecule has 0 aliphatic heterocycles. The first-order chi connectivity index (χ1) is 8.65. The highest BCUT2D eigenvalue weighted by atomic mass is 16.5. The average molecular weight is 253 g/mol. The summed E-state index contributed by atoms with van der Waals surface area (Å²) in [6, 6.07) is 7.54. The van der Waals surface area contributed by atoms with Gasteiger partial charge in [0.1, 0.15) is 5.75 Å². The zero-order valence-corrected chi connectivity index (χ0v) is 10.4. The van der Waals surface area contributed by atoms with Gasteiger partial charge < -0.3 is 20.3 Å². The Morgan fingerprint density at radius 2 is 2.28 bits per heavy atom. The summed E-state index contributed by atoms with van der Waals surface area (Å²) in [6.07, 6.45) is -0.0242. The lowest BCUT2D eigenvalue weighted by molar-refractivity contribution is -0.123. The van der Waals surface area contributed by atoms with Crippen molar-refractivity contribution in [2.24, 2.45) is 0 Å². The predicted molar refractivity (Wildman–Crippen MR) is 67.4 cm³/mol. The van der Waals surface area contributed by atoms with E-state index in [-0.39, 0.29) is 25.7 Å². The van der Waals surface area contributed by atoms with Gasteiger partial charge in [-0.15, -0.1) is 0 Å². The topological polar surface area (TPSA) is 78.8 Å². The standard InChI is InChI=1S/C13H19NO4/c1-2-10-4-3-5-12(6-10)18-9-13(17)14-7-11(16)8-15/h3-6,11,15-16H,2,7-9H2,1H3,(H,14,17). The molecule has 1 amide bonds. The van der Waals surface area contributed by atoms with E-state index in [1.807, 2.05) is 25.1 Å². The Bertz CT molecular complexity index is 381. The van der Waals surface area contributed by atoms with Crippen molar-refractivity contribution in [2.75, 3.05) is 19.8 Å². The molecule has 1 aromatic rings. The van der Waals surface area contributed by atoms with E-state index in [2.05, 4.69) is 5.32 Å². The van der Waals surface area contributed by atoms with Crippen LogP contribution in [0, 0.1) is 0 Å². The van der Waals surface area contributed by atoms with Crippen molar-refractivity contribution in [3.8, 4) is 5.75 Å². The van der Waals surface area contributed by atoms with Crippen LogP contribution in [0.2, 0.25) is 0 Å². The summed E-state index contributed by atoms with van der Waals surface area (Å²) in [6.45, 7) is 1.58. The van der Waals surface area contributed by atoms with Gasteiger partial charge >= 0.3 is 0 Å². The number of carbonyl (C=O) groups is 1. The van der Waals surface area contributed by atoms with Gasteiger partial charge in [0.15, 0.2) is 6.61 Å². The molecule has 0 spiro atoms. The number of amides is 1. The van der Waals surface area contributed by atoms with Gasteiger partial charge in [-0.05, 0) is 24.1 Å². The number of hydrogen-bond acceptors (Lipinski definition) is 4. The highest BCUT2D eigenvalue weighted by molar-refractivity contribution is 5.77.